The summed E-state index contributed by atoms with van der Waals surface area (Å²) in [6, 6.07) is 5.18. The lowest BCUT2D eigenvalue weighted by Crippen LogP contribution is -2.31. The number of rotatable bonds is 5. The van der Waals surface area contributed by atoms with Gasteiger partial charge in [0.15, 0.2) is 0 Å². The molecule has 2 nitrogen and oxygen atoms in total. The smallest absolute Gasteiger partial charge is 0.123 e. The third-order valence-corrected chi connectivity index (χ3v) is 3.35. The SMILES string of the molecule is CCC(CC)N(C)c1ccc(F)cc1[C@H](C)N. The molecule has 0 spiro atoms. The van der Waals surface area contributed by atoms with E-state index in [-0.39, 0.29) is 11.9 Å². The predicted molar refractivity (Wildman–Crippen MR) is 71.8 cm³/mol. The maximum absolute atomic E-state index is 13.3. The summed E-state index contributed by atoms with van der Waals surface area (Å²) in [5, 5.41) is 0. The molecule has 0 amide bonds. The number of hydrogen-bond donors (Lipinski definition) is 1. The average Bonchev–Trinajstić information content (AvgIpc) is 2.30. The number of anilines is 1. The highest BCUT2D eigenvalue weighted by molar-refractivity contribution is 5.55. The second-order valence-electron chi connectivity index (χ2n) is 4.57. The Hall–Kier alpha value is -1.09. The molecule has 0 aliphatic carbocycles. The fourth-order valence-electron chi connectivity index (χ4n) is 2.24. The third-order valence-electron chi connectivity index (χ3n) is 3.35. The van der Waals surface area contributed by atoms with Gasteiger partial charge in [-0.15, -0.1) is 0 Å². The van der Waals surface area contributed by atoms with E-state index in [4.69, 9.17) is 5.73 Å². The van der Waals surface area contributed by atoms with Gasteiger partial charge in [-0.3, -0.25) is 0 Å². The average molecular weight is 238 g/mol. The first-order valence-electron chi connectivity index (χ1n) is 6.29. The third kappa shape index (κ3) is 3.19. The summed E-state index contributed by atoms with van der Waals surface area (Å²) in [6.45, 7) is 6.22. The van der Waals surface area contributed by atoms with E-state index in [1.165, 1.54) is 6.07 Å². The zero-order valence-electron chi connectivity index (χ0n) is 11.2. The van der Waals surface area contributed by atoms with Gasteiger partial charge in [-0.1, -0.05) is 13.8 Å². The predicted octanol–water partition coefficient (Wildman–Crippen LogP) is 3.47. The van der Waals surface area contributed by atoms with Crippen LogP contribution in [0.3, 0.4) is 0 Å². The fourth-order valence-corrected chi connectivity index (χ4v) is 2.24. The number of halogens is 1. The van der Waals surface area contributed by atoms with Crippen LogP contribution in [0.15, 0.2) is 18.2 Å². The second kappa shape index (κ2) is 6.01. The number of nitrogens with two attached hydrogens (primary N) is 1. The van der Waals surface area contributed by atoms with Crippen molar-refractivity contribution in [3.05, 3.63) is 29.6 Å². The van der Waals surface area contributed by atoms with E-state index in [1.54, 1.807) is 6.07 Å². The van der Waals surface area contributed by atoms with E-state index >= 15 is 0 Å². The van der Waals surface area contributed by atoms with E-state index in [0.29, 0.717) is 6.04 Å². The Morgan fingerprint density at radius 1 is 1.29 bits per heavy atom. The van der Waals surface area contributed by atoms with Crippen molar-refractivity contribution in [1.82, 2.24) is 0 Å². The van der Waals surface area contributed by atoms with Crippen molar-refractivity contribution in [3.63, 3.8) is 0 Å². The molecule has 0 saturated heterocycles. The Balaban J connectivity index is 3.11. The number of nitrogens with zero attached hydrogens (tertiary/aromatic N) is 1. The van der Waals surface area contributed by atoms with Crippen LogP contribution in [-0.4, -0.2) is 13.1 Å². The zero-order valence-corrected chi connectivity index (χ0v) is 11.2. The molecule has 0 aliphatic heterocycles. The molecule has 96 valence electrons. The van der Waals surface area contributed by atoms with Crippen molar-refractivity contribution in [1.29, 1.82) is 0 Å². The van der Waals surface area contributed by atoms with Crippen molar-refractivity contribution in [3.8, 4) is 0 Å². The lowest BCUT2D eigenvalue weighted by molar-refractivity contribution is 0.584. The maximum atomic E-state index is 13.3. The Morgan fingerprint density at radius 3 is 2.35 bits per heavy atom. The largest absolute Gasteiger partial charge is 0.371 e. The molecule has 0 unspecified atom stereocenters. The first-order chi connectivity index (χ1) is 8.01. The molecule has 0 bridgehead atoms. The molecule has 3 heteroatoms. The molecule has 0 aromatic heterocycles. The van der Waals surface area contributed by atoms with Gasteiger partial charge in [0.1, 0.15) is 5.82 Å². The summed E-state index contributed by atoms with van der Waals surface area (Å²) in [4.78, 5) is 2.21. The van der Waals surface area contributed by atoms with E-state index in [0.717, 1.165) is 24.1 Å². The minimum atomic E-state index is -0.223. The summed E-state index contributed by atoms with van der Waals surface area (Å²) < 4.78 is 13.3. The van der Waals surface area contributed by atoms with Crippen molar-refractivity contribution in [2.45, 2.75) is 45.7 Å². The first kappa shape index (κ1) is 14.0. The summed E-state index contributed by atoms with van der Waals surface area (Å²) in [5.41, 5.74) is 7.82. The minimum Gasteiger partial charge on any atom is -0.371 e. The second-order valence-corrected chi connectivity index (χ2v) is 4.57. The summed E-state index contributed by atoms with van der Waals surface area (Å²) >= 11 is 0. The van der Waals surface area contributed by atoms with Crippen molar-refractivity contribution >= 4 is 5.69 Å². The lowest BCUT2D eigenvalue weighted by Gasteiger charge is -2.31. The van der Waals surface area contributed by atoms with E-state index in [1.807, 2.05) is 13.0 Å². The van der Waals surface area contributed by atoms with E-state index in [2.05, 4.69) is 25.8 Å². The standard InChI is InChI=1S/C14H23FN2/c1-5-12(6-2)17(4)14-8-7-11(15)9-13(14)10(3)16/h7-10,12H,5-6,16H2,1-4H3/t10-/m0/s1. The van der Waals surface area contributed by atoms with Crippen LogP contribution in [-0.2, 0) is 0 Å². The molecular formula is C14H23FN2. The highest BCUT2D eigenvalue weighted by atomic mass is 19.1. The molecule has 0 heterocycles. The van der Waals surface area contributed by atoms with Crippen LogP contribution in [0.25, 0.3) is 0 Å². The Bertz CT molecular complexity index is 359. The van der Waals surface area contributed by atoms with Crippen LogP contribution in [0.1, 0.15) is 45.2 Å². The van der Waals surface area contributed by atoms with Crippen LogP contribution in [0, 0.1) is 5.82 Å². The Labute approximate surface area is 104 Å². The molecule has 2 N–H and O–H groups in total. The topological polar surface area (TPSA) is 29.3 Å². The van der Waals surface area contributed by atoms with Gasteiger partial charge in [0.25, 0.3) is 0 Å². The van der Waals surface area contributed by atoms with Gasteiger partial charge in [0, 0.05) is 24.8 Å². The molecule has 1 aromatic rings. The highest BCUT2D eigenvalue weighted by Crippen LogP contribution is 2.28. The molecule has 1 rings (SSSR count). The molecule has 0 fully saturated rings. The molecular weight excluding hydrogens is 215 g/mol. The number of hydrogen-bond acceptors (Lipinski definition) is 2. The van der Waals surface area contributed by atoms with Crippen molar-refractivity contribution in [2.24, 2.45) is 5.73 Å². The summed E-state index contributed by atoms with van der Waals surface area (Å²) in [5.74, 6) is -0.223. The van der Waals surface area contributed by atoms with Crippen LogP contribution in [0.4, 0.5) is 10.1 Å². The Kier molecular flexibility index (Phi) is 4.94. The van der Waals surface area contributed by atoms with Gasteiger partial charge in [-0.2, -0.15) is 0 Å². The van der Waals surface area contributed by atoms with Crippen LogP contribution in [0.5, 0.6) is 0 Å². The quantitative estimate of drug-likeness (QED) is 0.851. The molecule has 1 aromatic carbocycles. The zero-order chi connectivity index (χ0) is 13.0. The van der Waals surface area contributed by atoms with Gasteiger partial charge in [0.05, 0.1) is 0 Å². The van der Waals surface area contributed by atoms with Crippen LogP contribution in [0.2, 0.25) is 0 Å². The number of benzene rings is 1. The van der Waals surface area contributed by atoms with Gasteiger partial charge in [-0.05, 0) is 43.5 Å². The molecule has 0 aliphatic rings. The first-order valence-corrected chi connectivity index (χ1v) is 6.29. The molecule has 0 radical (unpaired) electrons. The van der Waals surface area contributed by atoms with E-state index < -0.39 is 0 Å². The monoisotopic (exact) mass is 238 g/mol. The molecule has 1 atom stereocenters. The summed E-state index contributed by atoms with van der Waals surface area (Å²) in [6.07, 6.45) is 2.14. The van der Waals surface area contributed by atoms with Crippen molar-refractivity contribution < 1.29 is 4.39 Å². The molecule has 0 saturated carbocycles. The maximum Gasteiger partial charge on any atom is 0.123 e. The normalized spacial score (nSPS) is 12.9. The van der Waals surface area contributed by atoms with Crippen LogP contribution >= 0.6 is 0 Å². The Morgan fingerprint density at radius 2 is 1.88 bits per heavy atom. The van der Waals surface area contributed by atoms with Gasteiger partial charge >= 0.3 is 0 Å². The molecule has 17 heavy (non-hydrogen) atoms. The summed E-state index contributed by atoms with van der Waals surface area (Å²) in [7, 11) is 2.05. The lowest BCUT2D eigenvalue weighted by atomic mass is 10.0. The van der Waals surface area contributed by atoms with Gasteiger partial charge < -0.3 is 10.6 Å². The van der Waals surface area contributed by atoms with E-state index in [9.17, 15) is 4.39 Å². The van der Waals surface area contributed by atoms with Gasteiger partial charge in [-0.25, -0.2) is 4.39 Å². The minimum absolute atomic E-state index is 0.155. The van der Waals surface area contributed by atoms with Crippen LogP contribution < -0.4 is 10.6 Å². The highest BCUT2D eigenvalue weighted by Gasteiger charge is 2.16. The van der Waals surface area contributed by atoms with Crippen molar-refractivity contribution in [2.75, 3.05) is 11.9 Å². The fraction of sp³-hybridized carbons (Fsp3) is 0.571. The van der Waals surface area contributed by atoms with Gasteiger partial charge in [0.2, 0.25) is 0 Å².